The number of halogens is 1. The number of hydrogen-bond donors (Lipinski definition) is 2. The fourth-order valence-corrected chi connectivity index (χ4v) is 1.73. The van der Waals surface area contributed by atoms with Gasteiger partial charge in [-0.25, -0.2) is 4.39 Å². The van der Waals surface area contributed by atoms with E-state index >= 15 is 0 Å². The van der Waals surface area contributed by atoms with Crippen molar-refractivity contribution < 1.29 is 9.18 Å². The molecule has 0 aliphatic heterocycles. The van der Waals surface area contributed by atoms with Crippen LogP contribution in [0.5, 0.6) is 0 Å². The lowest BCUT2D eigenvalue weighted by molar-refractivity contribution is -0.130. The zero-order chi connectivity index (χ0) is 14.6. The van der Waals surface area contributed by atoms with Crippen LogP contribution in [0.15, 0.2) is 24.3 Å². The molecular formula is C15H23FN2O. The molecule has 3 N–H and O–H groups in total. The number of carbonyl (C=O) groups excluding carboxylic acids is 1. The van der Waals surface area contributed by atoms with Crippen LogP contribution in [0.3, 0.4) is 0 Å². The molecule has 0 heterocycles. The zero-order valence-corrected chi connectivity index (χ0v) is 12.0. The third-order valence-electron chi connectivity index (χ3n) is 3.31. The molecule has 1 unspecified atom stereocenters. The van der Waals surface area contributed by atoms with Crippen molar-refractivity contribution in [1.29, 1.82) is 0 Å². The number of carbonyl (C=O) groups is 1. The Hall–Kier alpha value is -1.42. The third kappa shape index (κ3) is 4.03. The van der Waals surface area contributed by atoms with E-state index in [9.17, 15) is 9.18 Å². The molecule has 0 saturated heterocycles. The predicted molar refractivity (Wildman–Crippen MR) is 75.0 cm³/mol. The van der Waals surface area contributed by atoms with Gasteiger partial charge in [-0.15, -0.1) is 0 Å². The standard InChI is InChI=1S/C15H23FN2O/c1-10(2)13(11-5-7-12(16)8-6-11)18-14(19)15(3,4)9-17/h5-8,10,13H,9,17H2,1-4H3,(H,18,19). The number of amides is 1. The molecule has 0 spiro atoms. The fourth-order valence-electron chi connectivity index (χ4n) is 1.73. The van der Waals surface area contributed by atoms with Crippen molar-refractivity contribution in [3.63, 3.8) is 0 Å². The van der Waals surface area contributed by atoms with E-state index in [1.807, 2.05) is 27.7 Å². The van der Waals surface area contributed by atoms with E-state index in [1.165, 1.54) is 12.1 Å². The summed E-state index contributed by atoms with van der Waals surface area (Å²) in [6, 6.07) is 6.08. The van der Waals surface area contributed by atoms with Crippen molar-refractivity contribution in [3.05, 3.63) is 35.6 Å². The van der Waals surface area contributed by atoms with E-state index in [2.05, 4.69) is 5.32 Å². The Balaban J connectivity index is 2.91. The molecule has 0 saturated carbocycles. The largest absolute Gasteiger partial charge is 0.349 e. The minimum Gasteiger partial charge on any atom is -0.349 e. The summed E-state index contributed by atoms with van der Waals surface area (Å²) >= 11 is 0. The summed E-state index contributed by atoms with van der Waals surface area (Å²) in [7, 11) is 0. The average molecular weight is 266 g/mol. The molecule has 1 rings (SSSR count). The van der Waals surface area contributed by atoms with E-state index in [0.29, 0.717) is 0 Å². The average Bonchev–Trinajstić information content (AvgIpc) is 2.36. The summed E-state index contributed by atoms with van der Waals surface area (Å²) in [6.45, 7) is 7.94. The summed E-state index contributed by atoms with van der Waals surface area (Å²) in [6.07, 6.45) is 0. The van der Waals surface area contributed by atoms with Gasteiger partial charge in [0, 0.05) is 6.54 Å². The van der Waals surface area contributed by atoms with Gasteiger partial charge in [0.15, 0.2) is 0 Å². The first-order chi connectivity index (χ1) is 8.77. The highest BCUT2D eigenvalue weighted by Gasteiger charge is 2.29. The monoisotopic (exact) mass is 266 g/mol. The highest BCUT2D eigenvalue weighted by molar-refractivity contribution is 5.82. The van der Waals surface area contributed by atoms with Gasteiger partial charge in [-0.05, 0) is 37.5 Å². The fraction of sp³-hybridized carbons (Fsp3) is 0.533. The molecule has 0 fully saturated rings. The van der Waals surface area contributed by atoms with Crippen molar-refractivity contribution in [2.45, 2.75) is 33.7 Å². The smallest absolute Gasteiger partial charge is 0.227 e. The third-order valence-corrected chi connectivity index (χ3v) is 3.31. The van der Waals surface area contributed by atoms with Crippen LogP contribution in [0.4, 0.5) is 4.39 Å². The summed E-state index contributed by atoms with van der Waals surface area (Å²) < 4.78 is 13.0. The van der Waals surface area contributed by atoms with Gasteiger partial charge in [-0.3, -0.25) is 4.79 Å². The molecule has 0 aromatic heterocycles. The maximum Gasteiger partial charge on any atom is 0.227 e. The molecule has 3 nitrogen and oxygen atoms in total. The van der Waals surface area contributed by atoms with Crippen LogP contribution >= 0.6 is 0 Å². The van der Waals surface area contributed by atoms with Crippen LogP contribution in [0.1, 0.15) is 39.3 Å². The van der Waals surface area contributed by atoms with Crippen LogP contribution in [0, 0.1) is 17.2 Å². The number of hydrogen-bond acceptors (Lipinski definition) is 2. The Morgan fingerprint density at radius 2 is 1.84 bits per heavy atom. The normalized spacial score (nSPS) is 13.4. The minimum atomic E-state index is -0.604. The predicted octanol–water partition coefficient (Wildman–Crippen LogP) is 2.62. The van der Waals surface area contributed by atoms with E-state index in [1.54, 1.807) is 12.1 Å². The molecule has 0 radical (unpaired) electrons. The van der Waals surface area contributed by atoms with Crippen LogP contribution < -0.4 is 11.1 Å². The molecular weight excluding hydrogens is 243 g/mol. The van der Waals surface area contributed by atoms with Crippen molar-refractivity contribution in [2.75, 3.05) is 6.54 Å². The molecule has 0 bridgehead atoms. The summed E-state index contributed by atoms with van der Waals surface area (Å²) in [5.74, 6) is -0.152. The topological polar surface area (TPSA) is 55.1 Å². The molecule has 0 aliphatic carbocycles. The van der Waals surface area contributed by atoms with Crippen LogP contribution in [0.25, 0.3) is 0 Å². The molecule has 19 heavy (non-hydrogen) atoms. The number of nitrogens with two attached hydrogens (primary N) is 1. The first-order valence-corrected chi connectivity index (χ1v) is 6.54. The quantitative estimate of drug-likeness (QED) is 0.860. The van der Waals surface area contributed by atoms with E-state index in [4.69, 9.17) is 5.73 Å². The second-order valence-corrected chi connectivity index (χ2v) is 5.83. The van der Waals surface area contributed by atoms with Gasteiger partial charge < -0.3 is 11.1 Å². The van der Waals surface area contributed by atoms with E-state index < -0.39 is 5.41 Å². The number of rotatable bonds is 5. The first-order valence-electron chi connectivity index (χ1n) is 6.54. The van der Waals surface area contributed by atoms with Crippen molar-refractivity contribution in [1.82, 2.24) is 5.32 Å². The number of benzene rings is 1. The lowest BCUT2D eigenvalue weighted by Gasteiger charge is -2.28. The first kappa shape index (κ1) is 15.6. The molecule has 4 heteroatoms. The lowest BCUT2D eigenvalue weighted by Crippen LogP contribution is -2.44. The second kappa shape index (κ2) is 6.15. The van der Waals surface area contributed by atoms with Crippen LogP contribution in [-0.2, 0) is 4.79 Å². The van der Waals surface area contributed by atoms with Gasteiger partial charge >= 0.3 is 0 Å². The van der Waals surface area contributed by atoms with Gasteiger partial charge in [0.1, 0.15) is 5.82 Å². The zero-order valence-electron chi connectivity index (χ0n) is 12.0. The van der Waals surface area contributed by atoms with Crippen LogP contribution in [-0.4, -0.2) is 12.5 Å². The molecule has 106 valence electrons. The molecule has 0 aliphatic rings. The maximum absolute atomic E-state index is 13.0. The Kier molecular flexibility index (Phi) is 5.06. The summed E-state index contributed by atoms with van der Waals surface area (Å²) in [4.78, 5) is 12.2. The summed E-state index contributed by atoms with van der Waals surface area (Å²) in [5.41, 5.74) is 5.90. The van der Waals surface area contributed by atoms with Gasteiger partial charge in [-0.1, -0.05) is 26.0 Å². The van der Waals surface area contributed by atoms with Gasteiger partial charge in [-0.2, -0.15) is 0 Å². The molecule has 1 atom stereocenters. The van der Waals surface area contributed by atoms with Gasteiger partial charge in [0.05, 0.1) is 11.5 Å². The van der Waals surface area contributed by atoms with Gasteiger partial charge in [0.2, 0.25) is 5.91 Å². The van der Waals surface area contributed by atoms with E-state index in [-0.39, 0.29) is 30.2 Å². The van der Waals surface area contributed by atoms with Crippen molar-refractivity contribution in [3.8, 4) is 0 Å². The Labute approximate surface area is 114 Å². The lowest BCUT2D eigenvalue weighted by atomic mass is 9.90. The van der Waals surface area contributed by atoms with Crippen molar-refractivity contribution in [2.24, 2.45) is 17.1 Å². The number of nitrogens with one attached hydrogen (secondary N) is 1. The van der Waals surface area contributed by atoms with Crippen molar-refractivity contribution >= 4 is 5.91 Å². The Morgan fingerprint density at radius 3 is 2.26 bits per heavy atom. The summed E-state index contributed by atoms with van der Waals surface area (Å²) in [5, 5.41) is 3.00. The molecule has 1 amide bonds. The second-order valence-electron chi connectivity index (χ2n) is 5.83. The molecule has 1 aromatic carbocycles. The highest BCUT2D eigenvalue weighted by atomic mass is 19.1. The highest BCUT2D eigenvalue weighted by Crippen LogP contribution is 2.24. The molecule has 1 aromatic rings. The SMILES string of the molecule is CC(C)C(NC(=O)C(C)(C)CN)c1ccc(F)cc1. The Morgan fingerprint density at radius 1 is 1.32 bits per heavy atom. The van der Waals surface area contributed by atoms with Gasteiger partial charge in [0.25, 0.3) is 0 Å². The van der Waals surface area contributed by atoms with Crippen LogP contribution in [0.2, 0.25) is 0 Å². The maximum atomic E-state index is 13.0. The van der Waals surface area contributed by atoms with E-state index in [0.717, 1.165) is 5.56 Å². The minimum absolute atomic E-state index is 0.0852. The Bertz CT molecular complexity index is 426.